The number of hydrogen-bond donors (Lipinski definition) is 2. The predicted octanol–water partition coefficient (Wildman–Crippen LogP) is 3.89. The molecule has 2 heterocycles. The third-order valence-electron chi connectivity index (χ3n) is 4.63. The smallest absolute Gasteiger partial charge is 0.298 e. The molecule has 0 bridgehead atoms. The number of benzene rings is 2. The van der Waals surface area contributed by atoms with Crippen LogP contribution in [0.1, 0.15) is 16.1 Å². The number of carbonyl (C=O) groups is 2. The van der Waals surface area contributed by atoms with Crippen molar-refractivity contribution < 1.29 is 9.59 Å². The summed E-state index contributed by atoms with van der Waals surface area (Å²) < 4.78 is 1.75. The van der Waals surface area contributed by atoms with Crippen LogP contribution in [-0.2, 0) is 11.3 Å². The highest BCUT2D eigenvalue weighted by Crippen LogP contribution is 2.28. The maximum atomic E-state index is 13.1. The number of nitrogens with two attached hydrogens (primary N) is 1. The summed E-state index contributed by atoms with van der Waals surface area (Å²) in [5.41, 5.74) is 9.91. The van der Waals surface area contributed by atoms with E-state index in [2.05, 4.69) is 5.32 Å². The number of fused-ring (bicyclic) bond motifs is 1. The summed E-state index contributed by atoms with van der Waals surface area (Å²) in [6.45, 7) is 0.420. The Morgan fingerprint density at radius 2 is 1.61 bits per heavy atom. The third kappa shape index (κ3) is 3.31. The lowest BCUT2D eigenvalue weighted by atomic mass is 10.0. The Kier molecular flexibility index (Phi) is 4.74. The largest absolute Gasteiger partial charge is 0.326 e. The molecule has 0 fully saturated rings. The van der Waals surface area contributed by atoms with E-state index < -0.39 is 11.7 Å². The van der Waals surface area contributed by atoms with Crippen LogP contribution in [-0.4, -0.2) is 16.1 Å². The first-order valence-corrected chi connectivity index (χ1v) is 8.97. The molecule has 5 heteroatoms. The molecule has 5 nitrogen and oxygen atoms in total. The van der Waals surface area contributed by atoms with Gasteiger partial charge in [-0.1, -0.05) is 48.5 Å². The zero-order valence-corrected chi connectivity index (χ0v) is 15.1. The molecule has 138 valence electrons. The summed E-state index contributed by atoms with van der Waals surface area (Å²) in [5.74, 6) is -1.27. The number of Topliss-reactive ketones (excluding diaryl/α,β-unsaturated/α-hetero) is 1. The molecule has 0 saturated heterocycles. The van der Waals surface area contributed by atoms with Gasteiger partial charge in [0.05, 0.1) is 0 Å². The SMILES string of the molecule is NCc1ccc(NC(=O)C(=O)c2c(-c3ccccc3)cc3ccccn23)cc1. The Morgan fingerprint density at radius 1 is 0.893 bits per heavy atom. The molecule has 2 aromatic heterocycles. The molecule has 0 aliphatic carbocycles. The molecule has 4 rings (SSSR count). The fourth-order valence-electron chi connectivity index (χ4n) is 3.21. The molecule has 28 heavy (non-hydrogen) atoms. The Bertz CT molecular complexity index is 1150. The van der Waals surface area contributed by atoms with E-state index in [4.69, 9.17) is 5.73 Å². The van der Waals surface area contributed by atoms with Crippen LogP contribution in [0.4, 0.5) is 5.69 Å². The van der Waals surface area contributed by atoms with Gasteiger partial charge in [-0.25, -0.2) is 0 Å². The van der Waals surface area contributed by atoms with Gasteiger partial charge in [-0.15, -0.1) is 0 Å². The molecular weight excluding hydrogens is 350 g/mol. The number of anilines is 1. The van der Waals surface area contributed by atoms with Crippen molar-refractivity contribution in [2.75, 3.05) is 5.32 Å². The van der Waals surface area contributed by atoms with E-state index in [1.54, 1.807) is 22.7 Å². The fourth-order valence-corrected chi connectivity index (χ4v) is 3.21. The van der Waals surface area contributed by atoms with Crippen LogP contribution in [0.2, 0.25) is 0 Å². The summed E-state index contributed by atoms with van der Waals surface area (Å²) in [6.07, 6.45) is 1.79. The highest BCUT2D eigenvalue weighted by atomic mass is 16.2. The van der Waals surface area contributed by atoms with Gasteiger partial charge in [-0.05, 0) is 41.5 Å². The maximum Gasteiger partial charge on any atom is 0.298 e. The molecule has 3 N–H and O–H groups in total. The number of aromatic nitrogens is 1. The van der Waals surface area contributed by atoms with E-state index in [-0.39, 0.29) is 0 Å². The maximum absolute atomic E-state index is 13.1. The number of hydrogen-bond acceptors (Lipinski definition) is 3. The lowest BCUT2D eigenvalue weighted by molar-refractivity contribution is -0.112. The Morgan fingerprint density at radius 3 is 2.32 bits per heavy atom. The Hall–Kier alpha value is -3.70. The van der Waals surface area contributed by atoms with Gasteiger partial charge < -0.3 is 15.5 Å². The van der Waals surface area contributed by atoms with E-state index in [1.165, 1.54) is 0 Å². The van der Waals surface area contributed by atoms with Crippen molar-refractivity contribution >= 4 is 22.9 Å². The first-order chi connectivity index (χ1) is 13.7. The number of nitrogens with zero attached hydrogens (tertiary/aromatic N) is 1. The standard InChI is InChI=1S/C23H19N3O2/c24-15-16-9-11-18(12-10-16)25-23(28)22(27)21-20(17-6-2-1-3-7-17)14-19-8-4-5-13-26(19)21/h1-14H,15,24H2,(H,25,28). The fraction of sp³-hybridized carbons (Fsp3) is 0.0435. The van der Waals surface area contributed by atoms with E-state index in [0.29, 0.717) is 17.9 Å². The number of carbonyl (C=O) groups excluding carboxylic acids is 2. The van der Waals surface area contributed by atoms with Crippen LogP contribution in [0.5, 0.6) is 0 Å². The first kappa shape index (κ1) is 17.7. The number of amides is 1. The number of rotatable bonds is 5. The molecule has 0 saturated carbocycles. The zero-order chi connectivity index (χ0) is 19.5. The van der Waals surface area contributed by atoms with Crippen LogP contribution >= 0.6 is 0 Å². The van der Waals surface area contributed by atoms with Crippen molar-refractivity contribution in [1.29, 1.82) is 0 Å². The molecule has 0 aliphatic rings. The summed E-state index contributed by atoms with van der Waals surface area (Å²) >= 11 is 0. The summed E-state index contributed by atoms with van der Waals surface area (Å²) in [4.78, 5) is 25.8. The highest BCUT2D eigenvalue weighted by molar-refractivity contribution is 6.47. The minimum Gasteiger partial charge on any atom is -0.326 e. The Balaban J connectivity index is 1.72. The molecule has 2 aromatic carbocycles. The molecule has 0 radical (unpaired) electrons. The van der Waals surface area contributed by atoms with Crippen LogP contribution in [0, 0.1) is 0 Å². The third-order valence-corrected chi connectivity index (χ3v) is 4.63. The minimum absolute atomic E-state index is 0.345. The van der Waals surface area contributed by atoms with Crippen molar-refractivity contribution in [2.24, 2.45) is 5.73 Å². The second-order valence-corrected chi connectivity index (χ2v) is 6.45. The monoisotopic (exact) mass is 369 g/mol. The Labute approximate surface area is 162 Å². The molecule has 0 aliphatic heterocycles. The van der Waals surface area contributed by atoms with Crippen LogP contribution < -0.4 is 11.1 Å². The van der Waals surface area contributed by atoms with E-state index >= 15 is 0 Å². The lowest BCUT2D eigenvalue weighted by Crippen LogP contribution is -2.24. The van der Waals surface area contributed by atoms with Gasteiger partial charge in [0.1, 0.15) is 5.69 Å². The van der Waals surface area contributed by atoms with Crippen molar-refractivity contribution in [3.05, 3.63) is 96.3 Å². The van der Waals surface area contributed by atoms with Gasteiger partial charge in [0.2, 0.25) is 0 Å². The van der Waals surface area contributed by atoms with Crippen molar-refractivity contribution in [1.82, 2.24) is 4.40 Å². The summed E-state index contributed by atoms with van der Waals surface area (Å²) in [6, 6.07) is 24.3. The average Bonchev–Trinajstić information content (AvgIpc) is 3.14. The highest BCUT2D eigenvalue weighted by Gasteiger charge is 2.24. The van der Waals surface area contributed by atoms with Gasteiger partial charge in [0.25, 0.3) is 11.7 Å². The second-order valence-electron chi connectivity index (χ2n) is 6.45. The normalized spacial score (nSPS) is 10.8. The number of nitrogens with one attached hydrogen (secondary N) is 1. The van der Waals surface area contributed by atoms with Crippen molar-refractivity contribution in [3.8, 4) is 11.1 Å². The molecule has 4 aromatic rings. The topological polar surface area (TPSA) is 76.6 Å². The number of pyridine rings is 1. The molecule has 1 amide bonds. The minimum atomic E-state index is -0.679. The van der Waals surface area contributed by atoms with E-state index in [9.17, 15) is 9.59 Å². The van der Waals surface area contributed by atoms with Gasteiger partial charge >= 0.3 is 0 Å². The van der Waals surface area contributed by atoms with Gasteiger partial charge in [-0.2, -0.15) is 0 Å². The molecule has 0 spiro atoms. The van der Waals surface area contributed by atoms with E-state index in [1.807, 2.05) is 66.7 Å². The molecular formula is C23H19N3O2. The van der Waals surface area contributed by atoms with Crippen molar-refractivity contribution in [2.45, 2.75) is 6.54 Å². The van der Waals surface area contributed by atoms with Gasteiger partial charge in [0, 0.05) is 29.5 Å². The quantitative estimate of drug-likeness (QED) is 0.414. The van der Waals surface area contributed by atoms with Crippen molar-refractivity contribution in [3.63, 3.8) is 0 Å². The lowest BCUT2D eigenvalue weighted by Gasteiger charge is -2.08. The summed E-state index contributed by atoms with van der Waals surface area (Å²) in [7, 11) is 0. The van der Waals surface area contributed by atoms with Gasteiger partial charge in [0.15, 0.2) is 0 Å². The van der Waals surface area contributed by atoms with Crippen LogP contribution in [0.25, 0.3) is 16.6 Å². The van der Waals surface area contributed by atoms with Crippen LogP contribution in [0.15, 0.2) is 85.1 Å². The predicted molar refractivity (Wildman–Crippen MR) is 110 cm³/mol. The summed E-state index contributed by atoms with van der Waals surface area (Å²) in [5, 5.41) is 2.68. The second kappa shape index (κ2) is 7.50. The zero-order valence-electron chi connectivity index (χ0n) is 15.1. The molecule has 0 unspecified atom stereocenters. The number of ketones is 1. The first-order valence-electron chi connectivity index (χ1n) is 8.97. The average molecular weight is 369 g/mol. The van der Waals surface area contributed by atoms with Crippen LogP contribution in [0.3, 0.4) is 0 Å². The van der Waals surface area contributed by atoms with E-state index in [0.717, 1.165) is 22.2 Å². The molecule has 0 atom stereocenters. The van der Waals surface area contributed by atoms with Gasteiger partial charge in [-0.3, -0.25) is 9.59 Å².